The maximum Gasteiger partial charge on any atom is 0.242 e. The molecule has 5 nitrogen and oxygen atoms in total. The van der Waals surface area contributed by atoms with Crippen molar-refractivity contribution in [2.75, 3.05) is 5.32 Å². The number of anilines is 1. The molecule has 1 atom stereocenters. The molecule has 1 amide bonds. The molecule has 0 saturated heterocycles. The standard InChI is InChI=1S/C11H18N4O/c1-8(9(16)15-11(2,3)4)14-10-12-6-5-7-13-10/h5-8H,1-4H3,(H,15,16)(H,12,13,14). The van der Waals surface area contributed by atoms with Gasteiger partial charge in [-0.25, -0.2) is 9.97 Å². The Kier molecular flexibility index (Phi) is 3.82. The lowest BCUT2D eigenvalue weighted by Gasteiger charge is -2.23. The minimum Gasteiger partial charge on any atom is -0.350 e. The number of carbonyl (C=O) groups is 1. The highest BCUT2D eigenvalue weighted by molar-refractivity contribution is 5.84. The minimum atomic E-state index is -0.360. The molecule has 5 heteroatoms. The lowest BCUT2D eigenvalue weighted by molar-refractivity contribution is -0.122. The monoisotopic (exact) mass is 222 g/mol. The molecule has 88 valence electrons. The Morgan fingerprint density at radius 3 is 2.38 bits per heavy atom. The molecule has 16 heavy (non-hydrogen) atoms. The summed E-state index contributed by atoms with van der Waals surface area (Å²) >= 11 is 0. The lowest BCUT2D eigenvalue weighted by atomic mass is 10.1. The van der Waals surface area contributed by atoms with E-state index in [4.69, 9.17) is 0 Å². The first-order valence-corrected chi connectivity index (χ1v) is 5.24. The van der Waals surface area contributed by atoms with Gasteiger partial charge in [0.2, 0.25) is 11.9 Å². The number of rotatable bonds is 3. The van der Waals surface area contributed by atoms with Crippen LogP contribution >= 0.6 is 0 Å². The quantitative estimate of drug-likeness (QED) is 0.806. The summed E-state index contributed by atoms with van der Waals surface area (Å²) in [4.78, 5) is 19.7. The van der Waals surface area contributed by atoms with Crippen molar-refractivity contribution in [2.24, 2.45) is 0 Å². The molecule has 0 aliphatic heterocycles. The van der Waals surface area contributed by atoms with Gasteiger partial charge in [0, 0.05) is 17.9 Å². The van der Waals surface area contributed by atoms with Gasteiger partial charge >= 0.3 is 0 Å². The van der Waals surface area contributed by atoms with Crippen molar-refractivity contribution in [3.63, 3.8) is 0 Å². The Balaban J connectivity index is 2.53. The van der Waals surface area contributed by atoms with Crippen molar-refractivity contribution in [3.8, 4) is 0 Å². The molecule has 0 spiro atoms. The second-order valence-electron chi connectivity index (χ2n) is 4.68. The largest absolute Gasteiger partial charge is 0.350 e. The third kappa shape index (κ3) is 4.25. The highest BCUT2D eigenvalue weighted by Gasteiger charge is 2.19. The first-order valence-electron chi connectivity index (χ1n) is 5.24. The SMILES string of the molecule is CC(Nc1ncccn1)C(=O)NC(C)(C)C. The summed E-state index contributed by atoms with van der Waals surface area (Å²) in [6.45, 7) is 7.60. The van der Waals surface area contributed by atoms with Crippen LogP contribution in [0.1, 0.15) is 27.7 Å². The molecule has 2 N–H and O–H groups in total. The van der Waals surface area contributed by atoms with Crippen LogP contribution in [0.5, 0.6) is 0 Å². The van der Waals surface area contributed by atoms with Gasteiger partial charge in [-0.2, -0.15) is 0 Å². The van der Waals surface area contributed by atoms with E-state index in [1.807, 2.05) is 20.8 Å². The molecular formula is C11H18N4O. The molecule has 1 aromatic rings. The van der Waals surface area contributed by atoms with Crippen molar-refractivity contribution in [1.82, 2.24) is 15.3 Å². The van der Waals surface area contributed by atoms with Crippen LogP contribution in [0.15, 0.2) is 18.5 Å². The van der Waals surface area contributed by atoms with Crippen LogP contribution in [0, 0.1) is 0 Å². The van der Waals surface area contributed by atoms with Gasteiger partial charge in [0.25, 0.3) is 0 Å². The predicted octanol–water partition coefficient (Wildman–Crippen LogP) is 1.19. The van der Waals surface area contributed by atoms with E-state index in [0.29, 0.717) is 5.95 Å². The average molecular weight is 222 g/mol. The van der Waals surface area contributed by atoms with Crippen LogP contribution in [0.25, 0.3) is 0 Å². The summed E-state index contributed by atoms with van der Waals surface area (Å²) in [5.74, 6) is 0.388. The molecule has 1 rings (SSSR count). The fourth-order valence-electron chi connectivity index (χ4n) is 1.11. The lowest BCUT2D eigenvalue weighted by Crippen LogP contribution is -2.47. The molecule has 0 aliphatic rings. The van der Waals surface area contributed by atoms with Gasteiger partial charge in [0.15, 0.2) is 0 Å². The predicted molar refractivity (Wildman–Crippen MR) is 63.0 cm³/mol. The number of hydrogen-bond donors (Lipinski definition) is 2. The molecular weight excluding hydrogens is 204 g/mol. The second-order valence-corrected chi connectivity index (χ2v) is 4.68. The maximum atomic E-state index is 11.7. The topological polar surface area (TPSA) is 66.9 Å². The van der Waals surface area contributed by atoms with E-state index in [-0.39, 0.29) is 17.5 Å². The average Bonchev–Trinajstić information content (AvgIpc) is 2.16. The smallest absolute Gasteiger partial charge is 0.242 e. The minimum absolute atomic E-state index is 0.0695. The van der Waals surface area contributed by atoms with Gasteiger partial charge in [-0.1, -0.05) is 0 Å². The summed E-state index contributed by atoms with van der Waals surface area (Å²) in [6.07, 6.45) is 3.26. The second kappa shape index (κ2) is 4.92. The summed E-state index contributed by atoms with van der Waals surface area (Å²) in [5.41, 5.74) is -0.232. The molecule has 1 heterocycles. The van der Waals surface area contributed by atoms with Crippen molar-refractivity contribution in [3.05, 3.63) is 18.5 Å². The highest BCUT2D eigenvalue weighted by Crippen LogP contribution is 2.02. The van der Waals surface area contributed by atoms with Crippen LogP contribution < -0.4 is 10.6 Å². The molecule has 0 aliphatic carbocycles. The first kappa shape index (κ1) is 12.4. The summed E-state index contributed by atoms with van der Waals surface area (Å²) in [6, 6.07) is 1.37. The van der Waals surface area contributed by atoms with Gasteiger partial charge in [0.05, 0.1) is 0 Å². The number of amides is 1. The normalized spacial score (nSPS) is 13.0. The zero-order valence-corrected chi connectivity index (χ0v) is 10.1. The van der Waals surface area contributed by atoms with Crippen molar-refractivity contribution in [1.29, 1.82) is 0 Å². The number of nitrogens with one attached hydrogen (secondary N) is 2. The van der Waals surface area contributed by atoms with Gasteiger partial charge in [-0.3, -0.25) is 4.79 Å². The van der Waals surface area contributed by atoms with E-state index in [9.17, 15) is 4.79 Å². The summed E-state index contributed by atoms with van der Waals surface area (Å²) in [7, 11) is 0. The van der Waals surface area contributed by atoms with Crippen LogP contribution in [0.4, 0.5) is 5.95 Å². The van der Waals surface area contributed by atoms with Gasteiger partial charge in [0.1, 0.15) is 6.04 Å². The Labute approximate surface area is 95.7 Å². The Hall–Kier alpha value is -1.65. The molecule has 0 fully saturated rings. The Morgan fingerprint density at radius 1 is 1.31 bits per heavy atom. The third-order valence-electron chi connectivity index (χ3n) is 1.80. The maximum absolute atomic E-state index is 11.7. The number of nitrogens with zero attached hydrogens (tertiary/aromatic N) is 2. The Bertz CT molecular complexity index is 345. The van der Waals surface area contributed by atoms with E-state index >= 15 is 0 Å². The van der Waals surface area contributed by atoms with Crippen LogP contribution in [-0.4, -0.2) is 27.5 Å². The summed E-state index contributed by atoms with van der Waals surface area (Å²) < 4.78 is 0. The van der Waals surface area contributed by atoms with Gasteiger partial charge in [-0.15, -0.1) is 0 Å². The van der Waals surface area contributed by atoms with E-state index in [1.54, 1.807) is 25.4 Å². The van der Waals surface area contributed by atoms with E-state index in [2.05, 4.69) is 20.6 Å². The number of hydrogen-bond acceptors (Lipinski definition) is 4. The van der Waals surface area contributed by atoms with Crippen LogP contribution in [0.2, 0.25) is 0 Å². The fourth-order valence-corrected chi connectivity index (χ4v) is 1.11. The molecule has 0 radical (unpaired) electrons. The van der Waals surface area contributed by atoms with Gasteiger partial charge < -0.3 is 10.6 Å². The fraction of sp³-hybridized carbons (Fsp3) is 0.545. The van der Waals surface area contributed by atoms with Crippen molar-refractivity contribution < 1.29 is 4.79 Å². The van der Waals surface area contributed by atoms with Crippen LogP contribution in [0.3, 0.4) is 0 Å². The molecule has 0 saturated carbocycles. The molecule has 0 bridgehead atoms. The van der Waals surface area contributed by atoms with E-state index in [1.165, 1.54) is 0 Å². The van der Waals surface area contributed by atoms with E-state index < -0.39 is 0 Å². The zero-order valence-electron chi connectivity index (χ0n) is 10.1. The molecule has 1 unspecified atom stereocenters. The third-order valence-corrected chi connectivity index (χ3v) is 1.80. The molecule has 1 aromatic heterocycles. The highest BCUT2D eigenvalue weighted by atomic mass is 16.2. The number of aromatic nitrogens is 2. The molecule has 0 aromatic carbocycles. The van der Waals surface area contributed by atoms with Crippen molar-refractivity contribution in [2.45, 2.75) is 39.3 Å². The zero-order chi connectivity index (χ0) is 12.2. The van der Waals surface area contributed by atoms with Crippen LogP contribution in [-0.2, 0) is 4.79 Å². The van der Waals surface area contributed by atoms with Crippen molar-refractivity contribution >= 4 is 11.9 Å². The van der Waals surface area contributed by atoms with E-state index in [0.717, 1.165) is 0 Å². The first-order chi connectivity index (χ1) is 7.38. The summed E-state index contributed by atoms with van der Waals surface area (Å²) in [5, 5.41) is 5.81. The van der Waals surface area contributed by atoms with Gasteiger partial charge in [-0.05, 0) is 33.8 Å². The number of carbonyl (C=O) groups excluding carboxylic acids is 1. The Morgan fingerprint density at radius 2 is 1.88 bits per heavy atom.